The van der Waals surface area contributed by atoms with Gasteiger partial charge < -0.3 is 10.1 Å². The van der Waals surface area contributed by atoms with Crippen molar-refractivity contribution in [3.63, 3.8) is 0 Å². The second-order valence-electron chi connectivity index (χ2n) is 6.35. The zero-order valence-corrected chi connectivity index (χ0v) is 16.6. The van der Waals surface area contributed by atoms with E-state index in [1.807, 2.05) is 30.5 Å². The summed E-state index contributed by atoms with van der Waals surface area (Å²) in [6, 6.07) is 5.69. The van der Waals surface area contributed by atoms with Crippen molar-refractivity contribution in [2.45, 2.75) is 13.5 Å². The van der Waals surface area contributed by atoms with Crippen molar-refractivity contribution < 1.29 is 9.53 Å². The molecule has 1 aliphatic rings. The number of nitrogens with zero attached hydrogens (tertiary/aromatic N) is 3. The highest BCUT2D eigenvalue weighted by atomic mass is 35.5. The summed E-state index contributed by atoms with van der Waals surface area (Å²) in [5.41, 5.74) is 2.01. The summed E-state index contributed by atoms with van der Waals surface area (Å²) in [4.78, 5) is 20.9. The number of aromatic nitrogens is 1. The van der Waals surface area contributed by atoms with Gasteiger partial charge in [0.05, 0.1) is 19.3 Å². The molecule has 1 aromatic heterocycles. The van der Waals surface area contributed by atoms with Gasteiger partial charge in [0.25, 0.3) is 0 Å². The molecule has 0 atom stereocenters. The van der Waals surface area contributed by atoms with E-state index in [1.54, 1.807) is 7.11 Å². The molecular weight excluding hydrogens is 372 g/mol. The van der Waals surface area contributed by atoms with Gasteiger partial charge in [-0.2, -0.15) is 0 Å². The molecule has 6 nitrogen and oxygen atoms in total. The van der Waals surface area contributed by atoms with Gasteiger partial charge >= 0.3 is 0 Å². The molecule has 0 unspecified atom stereocenters. The smallest absolute Gasteiger partial charge is 0.240 e. The van der Waals surface area contributed by atoms with Gasteiger partial charge in [-0.1, -0.05) is 11.6 Å². The Bertz CT molecular complexity index is 759. The van der Waals surface area contributed by atoms with Gasteiger partial charge in [0, 0.05) is 48.7 Å². The molecule has 0 bridgehead atoms. The summed E-state index contributed by atoms with van der Waals surface area (Å²) in [7, 11) is 1.67. The van der Waals surface area contributed by atoms with Crippen LogP contribution in [0.4, 0.5) is 5.13 Å². The van der Waals surface area contributed by atoms with E-state index >= 15 is 0 Å². The van der Waals surface area contributed by atoms with Crippen LogP contribution >= 0.6 is 22.9 Å². The highest BCUT2D eigenvalue weighted by Crippen LogP contribution is 2.24. The zero-order chi connectivity index (χ0) is 18.5. The number of anilines is 1. The first-order valence-electron chi connectivity index (χ1n) is 8.52. The molecule has 0 aliphatic carbocycles. The summed E-state index contributed by atoms with van der Waals surface area (Å²) < 4.78 is 5.42. The Morgan fingerprint density at radius 1 is 1.31 bits per heavy atom. The third kappa shape index (κ3) is 5.17. The second-order valence-corrected chi connectivity index (χ2v) is 7.65. The van der Waals surface area contributed by atoms with Crippen LogP contribution in [0.15, 0.2) is 23.6 Å². The fraction of sp³-hybridized carbons (Fsp3) is 0.444. The van der Waals surface area contributed by atoms with Crippen molar-refractivity contribution in [3.05, 3.63) is 39.9 Å². The topological polar surface area (TPSA) is 57.7 Å². The monoisotopic (exact) mass is 394 g/mol. The predicted molar refractivity (Wildman–Crippen MR) is 105 cm³/mol. The number of nitrogens with one attached hydrogen (secondary N) is 1. The molecule has 0 saturated carbocycles. The molecule has 26 heavy (non-hydrogen) atoms. The number of ether oxygens (including phenoxy) is 1. The largest absolute Gasteiger partial charge is 0.496 e. The van der Waals surface area contributed by atoms with E-state index in [2.05, 4.69) is 20.1 Å². The lowest BCUT2D eigenvalue weighted by Crippen LogP contribution is -2.48. The lowest BCUT2D eigenvalue weighted by Gasteiger charge is -2.34. The third-order valence-corrected chi connectivity index (χ3v) is 5.44. The van der Waals surface area contributed by atoms with Crippen molar-refractivity contribution >= 4 is 34.0 Å². The highest BCUT2D eigenvalue weighted by molar-refractivity contribution is 7.13. The van der Waals surface area contributed by atoms with Gasteiger partial charge in [0.1, 0.15) is 5.75 Å². The fourth-order valence-corrected chi connectivity index (χ4v) is 3.89. The van der Waals surface area contributed by atoms with Gasteiger partial charge in [-0.25, -0.2) is 4.98 Å². The number of methoxy groups -OCH3 is 1. The summed E-state index contributed by atoms with van der Waals surface area (Å²) in [5.74, 6) is 0.847. The molecule has 0 radical (unpaired) electrons. The molecule has 1 N–H and O–H groups in total. The number of carbonyl (C=O) groups is 1. The molecular formula is C18H23ClN4O2S. The number of amides is 1. The van der Waals surface area contributed by atoms with Crippen LogP contribution in [0.1, 0.15) is 11.3 Å². The Labute approximate surface area is 162 Å². The van der Waals surface area contributed by atoms with Crippen molar-refractivity contribution in [2.75, 3.05) is 45.2 Å². The Hall–Kier alpha value is -1.67. The van der Waals surface area contributed by atoms with E-state index < -0.39 is 0 Å². The summed E-state index contributed by atoms with van der Waals surface area (Å²) in [6.45, 7) is 6.62. The average Bonchev–Trinajstić information content (AvgIpc) is 3.01. The summed E-state index contributed by atoms with van der Waals surface area (Å²) in [5, 5.41) is 6.18. The predicted octanol–water partition coefficient (Wildman–Crippen LogP) is 2.87. The molecule has 8 heteroatoms. The van der Waals surface area contributed by atoms with E-state index in [-0.39, 0.29) is 5.91 Å². The van der Waals surface area contributed by atoms with Crippen LogP contribution in [0.25, 0.3) is 0 Å². The first-order chi connectivity index (χ1) is 12.5. The third-order valence-electron chi connectivity index (χ3n) is 4.33. The Morgan fingerprint density at radius 3 is 2.69 bits per heavy atom. The standard InChI is InChI=1S/C18H23ClN4O2S/c1-13-12-26-18(20-13)21-17(24)11-23-7-5-22(6-8-23)10-14-9-15(19)3-4-16(14)25-2/h3-4,9,12H,5-8,10-11H2,1-2H3,(H,20,21,24). The minimum Gasteiger partial charge on any atom is -0.496 e. The molecule has 1 aliphatic heterocycles. The van der Waals surface area contributed by atoms with Crippen molar-refractivity contribution in [1.82, 2.24) is 14.8 Å². The number of hydrogen-bond donors (Lipinski definition) is 1. The molecule has 2 aromatic rings. The Balaban J connectivity index is 1.47. The number of carbonyl (C=O) groups excluding carboxylic acids is 1. The summed E-state index contributed by atoms with van der Waals surface area (Å²) in [6.07, 6.45) is 0. The van der Waals surface area contributed by atoms with Gasteiger partial charge in [-0.3, -0.25) is 14.6 Å². The zero-order valence-electron chi connectivity index (χ0n) is 15.0. The second kappa shape index (κ2) is 8.81. The number of piperazine rings is 1. The number of aryl methyl sites for hydroxylation is 1. The van der Waals surface area contributed by atoms with E-state index in [4.69, 9.17) is 16.3 Å². The van der Waals surface area contributed by atoms with Crippen molar-refractivity contribution in [1.29, 1.82) is 0 Å². The van der Waals surface area contributed by atoms with Gasteiger partial charge in [-0.05, 0) is 25.1 Å². The van der Waals surface area contributed by atoms with Crippen molar-refractivity contribution in [2.24, 2.45) is 0 Å². The maximum atomic E-state index is 12.2. The van der Waals surface area contributed by atoms with E-state index in [9.17, 15) is 4.79 Å². The number of thiazole rings is 1. The normalized spacial score (nSPS) is 15.8. The Morgan fingerprint density at radius 2 is 2.04 bits per heavy atom. The van der Waals surface area contributed by atoms with Crippen LogP contribution in [-0.4, -0.2) is 60.5 Å². The lowest BCUT2D eigenvalue weighted by molar-refractivity contribution is -0.117. The number of halogens is 1. The summed E-state index contributed by atoms with van der Waals surface area (Å²) >= 11 is 7.56. The number of rotatable bonds is 6. The maximum Gasteiger partial charge on any atom is 0.240 e. The molecule has 1 amide bonds. The van der Waals surface area contributed by atoms with Gasteiger partial charge in [0.2, 0.25) is 5.91 Å². The molecule has 3 rings (SSSR count). The van der Waals surface area contributed by atoms with E-state index in [1.165, 1.54) is 11.3 Å². The minimum atomic E-state index is -0.00990. The highest BCUT2D eigenvalue weighted by Gasteiger charge is 2.20. The van der Waals surface area contributed by atoms with Crippen LogP contribution in [0.2, 0.25) is 5.02 Å². The van der Waals surface area contributed by atoms with Crippen LogP contribution in [0.5, 0.6) is 5.75 Å². The quantitative estimate of drug-likeness (QED) is 0.816. The first kappa shape index (κ1) is 19.1. The maximum absolute atomic E-state index is 12.2. The van der Waals surface area contributed by atoms with Crippen LogP contribution < -0.4 is 10.1 Å². The molecule has 140 valence electrons. The SMILES string of the molecule is COc1ccc(Cl)cc1CN1CCN(CC(=O)Nc2nc(C)cs2)CC1. The number of benzene rings is 1. The van der Waals surface area contributed by atoms with E-state index in [0.29, 0.717) is 16.7 Å². The van der Waals surface area contributed by atoms with Gasteiger partial charge in [-0.15, -0.1) is 11.3 Å². The fourth-order valence-electron chi connectivity index (χ4n) is 2.99. The molecule has 0 spiro atoms. The Kier molecular flexibility index (Phi) is 6.48. The molecule has 1 fully saturated rings. The van der Waals surface area contributed by atoms with Crippen LogP contribution in [0, 0.1) is 6.92 Å². The molecule has 2 heterocycles. The average molecular weight is 395 g/mol. The molecule has 1 aromatic carbocycles. The minimum absolute atomic E-state index is 0.00990. The van der Waals surface area contributed by atoms with Gasteiger partial charge in [0.15, 0.2) is 5.13 Å². The lowest BCUT2D eigenvalue weighted by atomic mass is 10.1. The first-order valence-corrected chi connectivity index (χ1v) is 9.78. The van der Waals surface area contributed by atoms with Crippen LogP contribution in [0.3, 0.4) is 0 Å². The molecule has 1 saturated heterocycles. The van der Waals surface area contributed by atoms with Crippen molar-refractivity contribution in [3.8, 4) is 5.75 Å². The van der Waals surface area contributed by atoms with E-state index in [0.717, 1.165) is 49.7 Å². The van der Waals surface area contributed by atoms with Crippen LogP contribution in [-0.2, 0) is 11.3 Å². The number of hydrogen-bond acceptors (Lipinski definition) is 6.